The molecule has 1 aromatic heterocycles. The highest BCUT2D eigenvalue weighted by Gasteiger charge is 2.32. The number of piperidine rings is 1. The van der Waals surface area contributed by atoms with Crippen LogP contribution in [0.4, 0.5) is 0 Å². The largest absolute Gasteiger partial charge is 0.496 e. The first-order valence-electron chi connectivity index (χ1n) is 11.1. The molecule has 11 heteroatoms. The average molecular weight is 505 g/mol. The number of nitrogens with one attached hydrogen (secondary N) is 2. The molecule has 0 saturated carbocycles. The van der Waals surface area contributed by atoms with Crippen LogP contribution in [-0.4, -0.2) is 79.2 Å². The molecule has 3 rings (SSSR count). The van der Waals surface area contributed by atoms with Gasteiger partial charge < -0.3 is 29.4 Å². The van der Waals surface area contributed by atoms with Crippen LogP contribution in [0.2, 0.25) is 5.15 Å². The molecule has 10 nitrogen and oxygen atoms in total. The molecule has 0 radical (unpaired) electrons. The Kier molecular flexibility index (Phi) is 8.89. The van der Waals surface area contributed by atoms with Gasteiger partial charge in [0.1, 0.15) is 5.75 Å². The molecule has 1 aliphatic heterocycles. The van der Waals surface area contributed by atoms with Crippen LogP contribution in [0.1, 0.15) is 45.6 Å². The maximum atomic E-state index is 12.8. The lowest BCUT2D eigenvalue weighted by molar-refractivity contribution is -0.130. The number of rotatable bonds is 8. The number of H-pyrrole nitrogens is 1. The number of nitrogens with zero attached hydrogens (tertiary/aromatic N) is 2. The maximum absolute atomic E-state index is 12.8. The summed E-state index contributed by atoms with van der Waals surface area (Å²) in [5.74, 6) is -0.466. The summed E-state index contributed by atoms with van der Waals surface area (Å²) in [6.45, 7) is 2.66. The Balaban J connectivity index is 1.63. The number of aromatic nitrogens is 2. The van der Waals surface area contributed by atoms with E-state index in [9.17, 15) is 14.4 Å². The van der Waals surface area contributed by atoms with Crippen LogP contribution in [0.3, 0.4) is 0 Å². The predicted molar refractivity (Wildman–Crippen MR) is 130 cm³/mol. The van der Waals surface area contributed by atoms with Gasteiger partial charge in [-0.2, -0.15) is 0 Å². The van der Waals surface area contributed by atoms with Crippen LogP contribution in [0.25, 0.3) is 6.08 Å². The first kappa shape index (κ1) is 26.2. The molecule has 0 aliphatic carbocycles. The number of carbonyl (C=O) groups excluding carboxylic acids is 3. The van der Waals surface area contributed by atoms with Gasteiger partial charge in [0.05, 0.1) is 37.6 Å². The van der Waals surface area contributed by atoms with Gasteiger partial charge in [0.15, 0.2) is 11.0 Å². The third-order valence-electron chi connectivity index (χ3n) is 5.85. The monoisotopic (exact) mass is 504 g/mol. The average Bonchev–Trinajstić information content (AvgIpc) is 3.27. The van der Waals surface area contributed by atoms with Crippen LogP contribution in [0, 0.1) is 0 Å². The summed E-state index contributed by atoms with van der Waals surface area (Å²) in [4.78, 5) is 45.8. The van der Waals surface area contributed by atoms with E-state index in [1.807, 2.05) is 6.92 Å². The Morgan fingerprint density at radius 2 is 2.06 bits per heavy atom. The Hall–Kier alpha value is -3.37. The summed E-state index contributed by atoms with van der Waals surface area (Å²) in [7, 11) is 4.33. The fourth-order valence-corrected chi connectivity index (χ4v) is 4.11. The lowest BCUT2D eigenvalue weighted by Crippen LogP contribution is -2.55. The van der Waals surface area contributed by atoms with Crippen LogP contribution >= 0.6 is 11.6 Å². The molecule has 2 heterocycles. The number of aromatic amines is 1. The molecular formula is C24H29ClN4O6. The van der Waals surface area contributed by atoms with Gasteiger partial charge in [0, 0.05) is 31.8 Å². The van der Waals surface area contributed by atoms with Crippen molar-refractivity contribution in [3.8, 4) is 5.75 Å². The molecule has 1 aliphatic rings. The quantitative estimate of drug-likeness (QED) is 0.418. The van der Waals surface area contributed by atoms with E-state index in [0.717, 1.165) is 0 Å². The number of ether oxygens (including phenoxy) is 3. The highest BCUT2D eigenvalue weighted by Crippen LogP contribution is 2.23. The Morgan fingerprint density at radius 1 is 1.29 bits per heavy atom. The molecule has 2 aromatic rings. The molecule has 2 N–H and O–H groups in total. The normalized spacial score (nSPS) is 17.9. The SMILES string of the molecule is CCc1[nH]c(C(=O)N[C@H]2CCN(C(=O)/C=C/c3ccc(C(=O)OC)cc3OC)C[C@H]2OC)nc1Cl. The van der Waals surface area contributed by atoms with Crippen molar-refractivity contribution >= 4 is 35.5 Å². The summed E-state index contributed by atoms with van der Waals surface area (Å²) in [6.07, 6.45) is 3.82. The summed E-state index contributed by atoms with van der Waals surface area (Å²) in [5, 5.41) is 3.21. The third kappa shape index (κ3) is 6.20. The highest BCUT2D eigenvalue weighted by molar-refractivity contribution is 6.30. The van der Waals surface area contributed by atoms with Gasteiger partial charge in [-0.3, -0.25) is 9.59 Å². The van der Waals surface area contributed by atoms with Crippen molar-refractivity contribution in [2.24, 2.45) is 0 Å². The van der Waals surface area contributed by atoms with Crippen LogP contribution in [0.15, 0.2) is 24.3 Å². The fourth-order valence-electron chi connectivity index (χ4n) is 3.85. The van der Waals surface area contributed by atoms with Crippen molar-refractivity contribution in [2.45, 2.75) is 31.9 Å². The zero-order valence-corrected chi connectivity index (χ0v) is 20.8. The van der Waals surface area contributed by atoms with Crippen molar-refractivity contribution < 1.29 is 28.6 Å². The number of methoxy groups -OCH3 is 3. The number of likely N-dealkylation sites (tertiary alicyclic amines) is 1. The number of amides is 2. The predicted octanol–water partition coefficient (Wildman–Crippen LogP) is 2.48. The fraction of sp³-hybridized carbons (Fsp3) is 0.417. The lowest BCUT2D eigenvalue weighted by atomic mass is 10.0. The number of hydrogen-bond acceptors (Lipinski definition) is 7. The van der Waals surface area contributed by atoms with E-state index in [-0.39, 0.29) is 28.8 Å². The first-order valence-corrected chi connectivity index (χ1v) is 11.5. The molecule has 0 spiro atoms. The number of imidazole rings is 1. The second kappa shape index (κ2) is 11.9. The van der Waals surface area contributed by atoms with E-state index >= 15 is 0 Å². The van der Waals surface area contributed by atoms with E-state index in [1.54, 1.807) is 36.3 Å². The first-order chi connectivity index (χ1) is 16.8. The molecule has 0 unspecified atom stereocenters. The molecule has 2 amide bonds. The van der Waals surface area contributed by atoms with Gasteiger partial charge in [0.25, 0.3) is 5.91 Å². The van der Waals surface area contributed by atoms with E-state index in [2.05, 4.69) is 15.3 Å². The molecule has 2 atom stereocenters. The van der Waals surface area contributed by atoms with Gasteiger partial charge in [-0.05, 0) is 31.1 Å². The number of aryl methyl sites for hydroxylation is 1. The summed E-state index contributed by atoms with van der Waals surface area (Å²) < 4.78 is 15.6. The van der Waals surface area contributed by atoms with E-state index in [4.69, 9.17) is 25.8 Å². The molecule has 1 fully saturated rings. The number of esters is 1. The van der Waals surface area contributed by atoms with Gasteiger partial charge in [-0.1, -0.05) is 24.6 Å². The smallest absolute Gasteiger partial charge is 0.337 e. The van der Waals surface area contributed by atoms with E-state index in [1.165, 1.54) is 20.3 Å². The molecular weight excluding hydrogens is 476 g/mol. The van der Waals surface area contributed by atoms with Crippen molar-refractivity contribution in [3.63, 3.8) is 0 Å². The minimum atomic E-state index is -0.476. The van der Waals surface area contributed by atoms with Crippen LogP contribution < -0.4 is 10.1 Å². The highest BCUT2D eigenvalue weighted by atomic mass is 35.5. The summed E-state index contributed by atoms with van der Waals surface area (Å²) in [6, 6.07) is 4.55. The summed E-state index contributed by atoms with van der Waals surface area (Å²) in [5.41, 5.74) is 1.69. The Morgan fingerprint density at radius 3 is 2.69 bits per heavy atom. The number of carbonyl (C=O) groups is 3. The van der Waals surface area contributed by atoms with Gasteiger partial charge in [0.2, 0.25) is 5.91 Å². The van der Waals surface area contributed by atoms with Gasteiger partial charge in [-0.25, -0.2) is 9.78 Å². The molecule has 1 saturated heterocycles. The Bertz CT molecular complexity index is 1120. The zero-order chi connectivity index (χ0) is 25.5. The van der Waals surface area contributed by atoms with E-state index < -0.39 is 12.1 Å². The van der Waals surface area contributed by atoms with Crippen molar-refractivity contribution in [3.05, 3.63) is 52.1 Å². The minimum absolute atomic E-state index is 0.148. The third-order valence-corrected chi connectivity index (χ3v) is 6.16. The van der Waals surface area contributed by atoms with Gasteiger partial charge in [-0.15, -0.1) is 0 Å². The maximum Gasteiger partial charge on any atom is 0.337 e. The topological polar surface area (TPSA) is 123 Å². The second-order valence-electron chi connectivity index (χ2n) is 7.92. The number of hydrogen-bond donors (Lipinski definition) is 2. The van der Waals surface area contributed by atoms with Crippen molar-refractivity contribution in [2.75, 3.05) is 34.4 Å². The lowest BCUT2D eigenvalue weighted by Gasteiger charge is -2.37. The van der Waals surface area contributed by atoms with Crippen molar-refractivity contribution in [1.29, 1.82) is 0 Å². The van der Waals surface area contributed by atoms with E-state index in [0.29, 0.717) is 48.5 Å². The Labute approximate surface area is 208 Å². The molecule has 1 aromatic carbocycles. The van der Waals surface area contributed by atoms with Crippen LogP contribution in [-0.2, 0) is 20.7 Å². The van der Waals surface area contributed by atoms with Crippen molar-refractivity contribution in [1.82, 2.24) is 20.2 Å². The molecule has 188 valence electrons. The standard InChI is InChI=1S/C24H29ClN4O6/c1-5-16-21(25)28-22(26-16)23(31)27-17-10-11-29(13-19(17)34-3)20(30)9-8-14-6-7-15(24(32)35-4)12-18(14)33-2/h6-9,12,17,19H,5,10-11,13H2,1-4H3,(H,26,28)(H,27,31)/b9-8+/t17-,19+/m0/s1. The number of halogens is 1. The number of benzene rings is 1. The summed E-state index contributed by atoms with van der Waals surface area (Å²) >= 11 is 6.04. The minimum Gasteiger partial charge on any atom is -0.496 e. The van der Waals surface area contributed by atoms with Gasteiger partial charge >= 0.3 is 5.97 Å². The molecule has 0 bridgehead atoms. The molecule has 35 heavy (non-hydrogen) atoms. The van der Waals surface area contributed by atoms with Crippen LogP contribution in [0.5, 0.6) is 5.75 Å². The zero-order valence-electron chi connectivity index (χ0n) is 20.1. The second-order valence-corrected chi connectivity index (χ2v) is 8.28.